The molecule has 1 aromatic heterocycles. The molecule has 1 saturated carbocycles. The van der Waals surface area contributed by atoms with E-state index in [-0.39, 0.29) is 24.9 Å². The standard InChI is InChI=1S/C16H17N3O3/c20-15(18(11-16(21)22)13-6-7-13)8-12-9-17-19(10-12)14-4-2-1-3-5-14/h1-5,9-10,13H,6-8,11H2,(H,21,22). The second-order valence-corrected chi connectivity index (χ2v) is 5.45. The van der Waals surface area contributed by atoms with Gasteiger partial charge in [0.25, 0.3) is 0 Å². The second-order valence-electron chi connectivity index (χ2n) is 5.45. The minimum atomic E-state index is -0.972. The van der Waals surface area contributed by atoms with Crippen LogP contribution in [0.1, 0.15) is 18.4 Å². The molecule has 6 nitrogen and oxygen atoms in total. The van der Waals surface area contributed by atoms with E-state index in [1.807, 2.05) is 30.3 Å². The van der Waals surface area contributed by atoms with E-state index in [4.69, 9.17) is 5.11 Å². The lowest BCUT2D eigenvalue weighted by Gasteiger charge is -2.19. The van der Waals surface area contributed by atoms with Crippen LogP contribution < -0.4 is 0 Å². The van der Waals surface area contributed by atoms with Crippen molar-refractivity contribution in [2.24, 2.45) is 0 Å². The predicted octanol–water partition coefficient (Wildman–Crippen LogP) is 1.49. The zero-order chi connectivity index (χ0) is 15.5. The van der Waals surface area contributed by atoms with Crippen LogP contribution in [0, 0.1) is 0 Å². The molecular weight excluding hydrogens is 282 g/mol. The van der Waals surface area contributed by atoms with Gasteiger partial charge in [0.1, 0.15) is 6.54 Å². The Labute approximate surface area is 128 Å². The van der Waals surface area contributed by atoms with Gasteiger partial charge in [-0.25, -0.2) is 4.68 Å². The van der Waals surface area contributed by atoms with Crippen molar-refractivity contribution in [3.63, 3.8) is 0 Å². The molecule has 3 rings (SSSR count). The minimum Gasteiger partial charge on any atom is -0.480 e. The summed E-state index contributed by atoms with van der Waals surface area (Å²) in [5, 5.41) is 13.2. The number of hydrogen-bond acceptors (Lipinski definition) is 3. The van der Waals surface area contributed by atoms with Gasteiger partial charge in [-0.2, -0.15) is 5.10 Å². The number of benzene rings is 1. The molecule has 0 bridgehead atoms. The maximum Gasteiger partial charge on any atom is 0.323 e. The molecule has 1 aromatic carbocycles. The fourth-order valence-electron chi connectivity index (χ4n) is 2.40. The van der Waals surface area contributed by atoms with Crippen molar-refractivity contribution in [3.05, 3.63) is 48.3 Å². The van der Waals surface area contributed by atoms with E-state index in [9.17, 15) is 9.59 Å². The average Bonchev–Trinajstić information content (AvgIpc) is 3.24. The first-order chi connectivity index (χ1) is 10.6. The van der Waals surface area contributed by atoms with E-state index in [0.29, 0.717) is 0 Å². The normalized spacial score (nSPS) is 13.8. The molecule has 0 aliphatic heterocycles. The van der Waals surface area contributed by atoms with Gasteiger partial charge in [-0.15, -0.1) is 0 Å². The molecule has 0 unspecified atom stereocenters. The van der Waals surface area contributed by atoms with Crippen LogP contribution in [0.5, 0.6) is 0 Å². The summed E-state index contributed by atoms with van der Waals surface area (Å²) in [6.45, 7) is -0.226. The van der Waals surface area contributed by atoms with Crippen LogP contribution in [0.3, 0.4) is 0 Å². The highest BCUT2D eigenvalue weighted by molar-refractivity contribution is 5.83. The Morgan fingerprint density at radius 1 is 1.27 bits per heavy atom. The molecule has 1 N–H and O–H groups in total. The third-order valence-corrected chi connectivity index (χ3v) is 3.63. The summed E-state index contributed by atoms with van der Waals surface area (Å²) in [5.74, 6) is -1.13. The Balaban J connectivity index is 1.69. The van der Waals surface area contributed by atoms with E-state index < -0.39 is 5.97 Å². The summed E-state index contributed by atoms with van der Waals surface area (Å²) in [6, 6.07) is 9.72. The lowest BCUT2D eigenvalue weighted by molar-refractivity contribution is -0.144. The van der Waals surface area contributed by atoms with Crippen molar-refractivity contribution in [2.45, 2.75) is 25.3 Å². The highest BCUT2D eigenvalue weighted by atomic mass is 16.4. The highest BCUT2D eigenvalue weighted by Crippen LogP contribution is 2.27. The molecule has 6 heteroatoms. The predicted molar refractivity (Wildman–Crippen MR) is 79.6 cm³/mol. The number of carboxylic acids is 1. The summed E-state index contributed by atoms with van der Waals surface area (Å²) in [7, 11) is 0. The van der Waals surface area contributed by atoms with Crippen LogP contribution in [0.4, 0.5) is 0 Å². The van der Waals surface area contributed by atoms with Crippen molar-refractivity contribution in [2.75, 3.05) is 6.54 Å². The number of carbonyl (C=O) groups is 2. The van der Waals surface area contributed by atoms with Gasteiger partial charge < -0.3 is 10.0 Å². The molecule has 1 amide bonds. The van der Waals surface area contributed by atoms with Crippen molar-refractivity contribution >= 4 is 11.9 Å². The zero-order valence-corrected chi connectivity index (χ0v) is 12.1. The number of hydrogen-bond donors (Lipinski definition) is 1. The Kier molecular flexibility index (Phi) is 3.91. The van der Waals surface area contributed by atoms with Gasteiger partial charge in [0, 0.05) is 12.2 Å². The SMILES string of the molecule is O=C(O)CN(C(=O)Cc1cnn(-c2ccccc2)c1)C1CC1. The van der Waals surface area contributed by atoms with Gasteiger partial charge in [0.15, 0.2) is 0 Å². The number of aliphatic carboxylic acids is 1. The smallest absolute Gasteiger partial charge is 0.323 e. The lowest BCUT2D eigenvalue weighted by Crippen LogP contribution is -2.38. The van der Waals surface area contributed by atoms with Crippen LogP contribution in [0.2, 0.25) is 0 Å². The van der Waals surface area contributed by atoms with E-state index >= 15 is 0 Å². The highest BCUT2D eigenvalue weighted by Gasteiger charge is 2.33. The summed E-state index contributed by atoms with van der Waals surface area (Å²) < 4.78 is 1.71. The first-order valence-electron chi connectivity index (χ1n) is 7.24. The Morgan fingerprint density at radius 2 is 2.00 bits per heavy atom. The van der Waals surface area contributed by atoms with Crippen LogP contribution in [0.15, 0.2) is 42.7 Å². The van der Waals surface area contributed by atoms with E-state index in [0.717, 1.165) is 24.1 Å². The molecule has 22 heavy (non-hydrogen) atoms. The molecule has 2 aromatic rings. The molecule has 1 fully saturated rings. The van der Waals surface area contributed by atoms with Crippen molar-refractivity contribution in [1.82, 2.24) is 14.7 Å². The summed E-state index contributed by atoms with van der Waals surface area (Å²) >= 11 is 0. The van der Waals surface area contributed by atoms with Crippen LogP contribution >= 0.6 is 0 Å². The van der Waals surface area contributed by atoms with Crippen molar-refractivity contribution < 1.29 is 14.7 Å². The van der Waals surface area contributed by atoms with Gasteiger partial charge in [-0.3, -0.25) is 9.59 Å². The third kappa shape index (κ3) is 3.33. The number of carbonyl (C=O) groups excluding carboxylic acids is 1. The monoisotopic (exact) mass is 299 g/mol. The molecule has 1 heterocycles. The fourth-order valence-corrected chi connectivity index (χ4v) is 2.40. The van der Waals surface area contributed by atoms with E-state index in [1.165, 1.54) is 4.90 Å². The summed E-state index contributed by atoms with van der Waals surface area (Å²) in [5.41, 5.74) is 1.70. The van der Waals surface area contributed by atoms with Gasteiger partial charge in [0.2, 0.25) is 5.91 Å². The fraction of sp³-hybridized carbons (Fsp3) is 0.312. The van der Waals surface area contributed by atoms with Crippen LogP contribution in [0.25, 0.3) is 5.69 Å². The van der Waals surface area contributed by atoms with Crippen LogP contribution in [-0.2, 0) is 16.0 Å². The number of amides is 1. The topological polar surface area (TPSA) is 75.4 Å². The third-order valence-electron chi connectivity index (χ3n) is 3.63. The number of carboxylic acid groups (broad SMARTS) is 1. The van der Waals surface area contributed by atoms with E-state index in [1.54, 1.807) is 17.1 Å². The molecule has 114 valence electrons. The minimum absolute atomic E-state index is 0.0905. The van der Waals surface area contributed by atoms with Crippen molar-refractivity contribution in [1.29, 1.82) is 0 Å². The Bertz CT molecular complexity index is 677. The second kappa shape index (κ2) is 6.01. The number of para-hydroxylation sites is 1. The summed E-state index contributed by atoms with van der Waals surface area (Å²) in [6.07, 6.45) is 5.41. The van der Waals surface area contributed by atoms with Crippen LogP contribution in [-0.4, -0.2) is 44.3 Å². The zero-order valence-electron chi connectivity index (χ0n) is 12.1. The quantitative estimate of drug-likeness (QED) is 0.877. The largest absolute Gasteiger partial charge is 0.480 e. The first-order valence-corrected chi connectivity index (χ1v) is 7.24. The molecule has 1 aliphatic rings. The van der Waals surface area contributed by atoms with Gasteiger partial charge in [-0.05, 0) is 30.5 Å². The molecule has 1 aliphatic carbocycles. The van der Waals surface area contributed by atoms with Gasteiger partial charge >= 0.3 is 5.97 Å². The summed E-state index contributed by atoms with van der Waals surface area (Å²) in [4.78, 5) is 24.6. The number of nitrogens with zero attached hydrogens (tertiary/aromatic N) is 3. The number of aromatic nitrogens is 2. The number of rotatable bonds is 6. The van der Waals surface area contributed by atoms with Gasteiger partial charge in [-0.1, -0.05) is 18.2 Å². The molecule has 0 saturated heterocycles. The lowest BCUT2D eigenvalue weighted by atomic mass is 10.2. The Morgan fingerprint density at radius 3 is 2.64 bits per heavy atom. The molecule has 0 radical (unpaired) electrons. The maximum absolute atomic E-state index is 12.3. The Hall–Kier alpha value is -2.63. The average molecular weight is 299 g/mol. The first kappa shape index (κ1) is 14.3. The molecule has 0 atom stereocenters. The van der Waals surface area contributed by atoms with E-state index in [2.05, 4.69) is 5.10 Å². The maximum atomic E-state index is 12.3. The molecular formula is C16H17N3O3. The molecule has 0 spiro atoms. The van der Waals surface area contributed by atoms with Crippen molar-refractivity contribution in [3.8, 4) is 5.69 Å². The van der Waals surface area contributed by atoms with Gasteiger partial charge in [0.05, 0.1) is 18.3 Å².